The smallest absolute Gasteiger partial charge is 0.251 e. The molecule has 1 aliphatic rings. The molecule has 8 heteroatoms. The summed E-state index contributed by atoms with van der Waals surface area (Å²) >= 11 is 0. The number of aromatic nitrogens is 2. The van der Waals surface area contributed by atoms with Crippen molar-refractivity contribution in [2.24, 2.45) is 5.92 Å². The van der Waals surface area contributed by atoms with Gasteiger partial charge in [-0.3, -0.25) is 14.4 Å². The molecule has 2 heterocycles. The van der Waals surface area contributed by atoms with Crippen molar-refractivity contribution < 1.29 is 14.3 Å². The van der Waals surface area contributed by atoms with Crippen LogP contribution in [0.3, 0.4) is 0 Å². The SMILES string of the molecule is CCCCN1C(=O)CC(C(=O)Nc2cccc(-c3nc(C)cc(=O)[nH]3)c2)C1c1ccc(OC)cc1. The van der Waals surface area contributed by atoms with Gasteiger partial charge < -0.3 is 19.9 Å². The van der Waals surface area contributed by atoms with Gasteiger partial charge in [-0.1, -0.05) is 37.6 Å². The number of anilines is 1. The highest BCUT2D eigenvalue weighted by Crippen LogP contribution is 2.39. The number of nitrogens with zero attached hydrogens (tertiary/aromatic N) is 2. The van der Waals surface area contributed by atoms with E-state index in [2.05, 4.69) is 22.2 Å². The number of ether oxygens (including phenoxy) is 1. The van der Waals surface area contributed by atoms with Crippen molar-refractivity contribution in [1.82, 2.24) is 14.9 Å². The van der Waals surface area contributed by atoms with Crippen LogP contribution in [0.5, 0.6) is 5.75 Å². The van der Waals surface area contributed by atoms with Crippen LogP contribution >= 0.6 is 0 Å². The number of rotatable bonds is 8. The first-order chi connectivity index (χ1) is 16.9. The molecule has 0 bridgehead atoms. The lowest BCUT2D eigenvalue weighted by Gasteiger charge is -2.28. The fourth-order valence-electron chi connectivity index (χ4n) is 4.53. The number of likely N-dealkylation sites (tertiary alicyclic amines) is 1. The van der Waals surface area contributed by atoms with Gasteiger partial charge in [-0.05, 0) is 43.2 Å². The molecule has 2 aromatic carbocycles. The maximum Gasteiger partial charge on any atom is 0.251 e. The molecule has 182 valence electrons. The second-order valence-corrected chi connectivity index (χ2v) is 8.77. The van der Waals surface area contributed by atoms with Crippen molar-refractivity contribution in [3.05, 3.63) is 76.2 Å². The highest BCUT2D eigenvalue weighted by Gasteiger charge is 2.44. The average Bonchev–Trinajstić information content (AvgIpc) is 3.18. The minimum absolute atomic E-state index is 0.0188. The van der Waals surface area contributed by atoms with Gasteiger partial charge in [0, 0.05) is 36.0 Å². The summed E-state index contributed by atoms with van der Waals surface area (Å²) in [6, 6.07) is 15.8. The number of aromatic amines is 1. The second kappa shape index (κ2) is 10.5. The Bertz CT molecular complexity index is 1270. The van der Waals surface area contributed by atoms with Crippen LogP contribution in [-0.2, 0) is 9.59 Å². The number of nitrogens with one attached hydrogen (secondary N) is 2. The number of carbonyl (C=O) groups is 2. The van der Waals surface area contributed by atoms with Gasteiger partial charge in [-0.25, -0.2) is 4.98 Å². The first-order valence-electron chi connectivity index (χ1n) is 11.8. The number of hydrogen-bond acceptors (Lipinski definition) is 5. The lowest BCUT2D eigenvalue weighted by molar-refractivity contribution is -0.129. The number of methoxy groups -OCH3 is 1. The molecular formula is C27H30N4O4. The summed E-state index contributed by atoms with van der Waals surface area (Å²) in [6.45, 7) is 4.44. The molecule has 0 spiro atoms. The van der Waals surface area contributed by atoms with E-state index in [0.717, 1.165) is 24.2 Å². The third-order valence-corrected chi connectivity index (χ3v) is 6.25. The van der Waals surface area contributed by atoms with Gasteiger partial charge in [0.1, 0.15) is 11.6 Å². The summed E-state index contributed by atoms with van der Waals surface area (Å²) < 4.78 is 5.27. The van der Waals surface area contributed by atoms with Crippen molar-refractivity contribution in [3.8, 4) is 17.1 Å². The van der Waals surface area contributed by atoms with Gasteiger partial charge in [0.15, 0.2) is 0 Å². The van der Waals surface area contributed by atoms with Gasteiger partial charge in [0.2, 0.25) is 11.8 Å². The lowest BCUT2D eigenvalue weighted by Crippen LogP contribution is -2.33. The van der Waals surface area contributed by atoms with E-state index < -0.39 is 5.92 Å². The van der Waals surface area contributed by atoms with E-state index in [0.29, 0.717) is 29.3 Å². The van der Waals surface area contributed by atoms with Crippen LogP contribution in [0.15, 0.2) is 59.4 Å². The molecule has 2 unspecified atom stereocenters. The molecule has 2 amide bonds. The van der Waals surface area contributed by atoms with Gasteiger partial charge >= 0.3 is 0 Å². The normalized spacial score (nSPS) is 17.5. The summed E-state index contributed by atoms with van der Waals surface area (Å²) in [5, 5.41) is 2.98. The van der Waals surface area contributed by atoms with E-state index in [1.54, 1.807) is 32.2 Å². The summed E-state index contributed by atoms with van der Waals surface area (Å²) in [5.41, 5.74) is 2.54. The third-order valence-electron chi connectivity index (χ3n) is 6.25. The number of hydrogen-bond donors (Lipinski definition) is 2. The predicted molar refractivity (Wildman–Crippen MR) is 134 cm³/mol. The highest BCUT2D eigenvalue weighted by molar-refractivity contribution is 5.98. The zero-order valence-electron chi connectivity index (χ0n) is 20.2. The molecule has 0 saturated carbocycles. The number of H-pyrrole nitrogens is 1. The quantitative estimate of drug-likeness (QED) is 0.512. The standard InChI is InChI=1S/C27H30N4O4/c1-4-5-13-31-24(33)16-22(25(31)18-9-11-21(35-3)12-10-18)27(34)29-20-8-6-7-19(15-20)26-28-17(2)14-23(32)30-26/h6-12,14-15,22,25H,4-5,13,16H2,1-3H3,(H,29,34)(H,28,30,32). The molecule has 0 aliphatic carbocycles. The largest absolute Gasteiger partial charge is 0.497 e. The summed E-state index contributed by atoms with van der Waals surface area (Å²) in [6.07, 6.45) is 1.98. The minimum atomic E-state index is -0.534. The average molecular weight is 475 g/mol. The van der Waals surface area contributed by atoms with Crippen LogP contribution in [0.25, 0.3) is 11.4 Å². The Kier molecular flexibility index (Phi) is 7.29. The molecule has 1 aromatic heterocycles. The fraction of sp³-hybridized carbons (Fsp3) is 0.333. The fourth-order valence-corrected chi connectivity index (χ4v) is 4.53. The summed E-state index contributed by atoms with van der Waals surface area (Å²) in [5.74, 6) is 0.381. The van der Waals surface area contributed by atoms with Gasteiger partial charge in [-0.15, -0.1) is 0 Å². The molecule has 1 saturated heterocycles. The maximum atomic E-state index is 13.5. The lowest BCUT2D eigenvalue weighted by atomic mass is 9.92. The molecule has 1 fully saturated rings. The van der Waals surface area contributed by atoms with Crippen molar-refractivity contribution in [2.75, 3.05) is 19.0 Å². The molecule has 1 aliphatic heterocycles. The van der Waals surface area contributed by atoms with Crippen molar-refractivity contribution >= 4 is 17.5 Å². The van der Waals surface area contributed by atoms with E-state index in [1.807, 2.05) is 35.2 Å². The zero-order valence-corrected chi connectivity index (χ0v) is 20.2. The summed E-state index contributed by atoms with van der Waals surface area (Å²) in [7, 11) is 1.61. The van der Waals surface area contributed by atoms with Crippen molar-refractivity contribution in [1.29, 1.82) is 0 Å². The van der Waals surface area contributed by atoms with Gasteiger partial charge in [-0.2, -0.15) is 0 Å². The molecule has 4 rings (SSSR count). The highest BCUT2D eigenvalue weighted by atomic mass is 16.5. The number of unbranched alkanes of at least 4 members (excludes halogenated alkanes) is 1. The molecule has 3 aromatic rings. The Labute approximate surface area is 204 Å². The third kappa shape index (κ3) is 5.42. The topological polar surface area (TPSA) is 104 Å². The number of amides is 2. The van der Waals surface area contributed by atoms with E-state index in [9.17, 15) is 14.4 Å². The van der Waals surface area contributed by atoms with Crippen molar-refractivity contribution in [3.63, 3.8) is 0 Å². The van der Waals surface area contributed by atoms with E-state index in [-0.39, 0.29) is 29.8 Å². The monoisotopic (exact) mass is 474 g/mol. The predicted octanol–water partition coefficient (Wildman–Crippen LogP) is 4.08. The van der Waals surface area contributed by atoms with Crippen molar-refractivity contribution in [2.45, 2.75) is 39.2 Å². The van der Waals surface area contributed by atoms with Gasteiger partial charge in [0.05, 0.1) is 19.1 Å². The minimum Gasteiger partial charge on any atom is -0.497 e. The van der Waals surface area contributed by atoms with Crippen LogP contribution in [0.4, 0.5) is 5.69 Å². The Balaban J connectivity index is 1.60. The molecule has 8 nitrogen and oxygen atoms in total. The first kappa shape index (κ1) is 24.2. The summed E-state index contributed by atoms with van der Waals surface area (Å²) in [4.78, 5) is 47.2. The van der Waals surface area contributed by atoms with Gasteiger partial charge in [0.25, 0.3) is 5.56 Å². The first-order valence-corrected chi connectivity index (χ1v) is 11.8. The Morgan fingerprint density at radius 2 is 1.94 bits per heavy atom. The van der Waals surface area contributed by atoms with Crippen LogP contribution in [-0.4, -0.2) is 40.3 Å². The van der Waals surface area contributed by atoms with E-state index in [1.165, 1.54) is 6.07 Å². The van der Waals surface area contributed by atoms with Crippen LogP contribution < -0.4 is 15.6 Å². The number of aryl methyl sites for hydroxylation is 1. The molecule has 35 heavy (non-hydrogen) atoms. The molecular weight excluding hydrogens is 444 g/mol. The van der Waals surface area contributed by atoms with E-state index >= 15 is 0 Å². The molecule has 2 atom stereocenters. The number of carbonyl (C=O) groups excluding carboxylic acids is 2. The Morgan fingerprint density at radius 3 is 2.63 bits per heavy atom. The Hall–Kier alpha value is -3.94. The van der Waals surface area contributed by atoms with E-state index in [4.69, 9.17) is 4.74 Å². The maximum absolute atomic E-state index is 13.5. The number of benzene rings is 2. The Morgan fingerprint density at radius 1 is 1.17 bits per heavy atom. The molecule has 0 radical (unpaired) electrons. The molecule has 2 N–H and O–H groups in total. The zero-order chi connectivity index (χ0) is 24.9. The van der Waals surface area contributed by atoms with Crippen LogP contribution in [0.1, 0.15) is 43.5 Å². The second-order valence-electron chi connectivity index (χ2n) is 8.77. The van der Waals surface area contributed by atoms with Crippen LogP contribution in [0, 0.1) is 12.8 Å². The van der Waals surface area contributed by atoms with Crippen LogP contribution in [0.2, 0.25) is 0 Å².